The number of nitrogens with zero attached hydrogens (tertiary/aromatic N) is 5. The van der Waals surface area contributed by atoms with Gasteiger partial charge in [-0.25, -0.2) is 4.79 Å². The summed E-state index contributed by atoms with van der Waals surface area (Å²) in [6, 6.07) is 21.9. The van der Waals surface area contributed by atoms with Crippen molar-refractivity contribution < 1.29 is 4.79 Å². The van der Waals surface area contributed by atoms with Gasteiger partial charge in [-0.1, -0.05) is 48.5 Å². The van der Waals surface area contributed by atoms with Gasteiger partial charge in [0.2, 0.25) is 5.91 Å². The number of hydrogen-bond acceptors (Lipinski definition) is 4. The Hall–Kier alpha value is -2.84. The molecule has 1 aromatic heterocycles. The van der Waals surface area contributed by atoms with E-state index in [1.165, 1.54) is 21.9 Å². The van der Waals surface area contributed by atoms with E-state index in [-0.39, 0.29) is 49.0 Å². The van der Waals surface area contributed by atoms with Crippen LogP contribution in [0.4, 0.5) is 0 Å². The number of halogens is 2. The molecule has 1 unspecified atom stereocenters. The Balaban J connectivity index is 0.00000161. The van der Waals surface area contributed by atoms with Crippen molar-refractivity contribution in [3.05, 3.63) is 82.3 Å². The van der Waals surface area contributed by atoms with Gasteiger partial charge >= 0.3 is 5.69 Å². The number of fused-ring (bicyclic) bond motifs is 1. The lowest BCUT2D eigenvalue weighted by Gasteiger charge is -2.37. The highest BCUT2D eigenvalue weighted by molar-refractivity contribution is 5.91. The highest BCUT2D eigenvalue weighted by Gasteiger charge is 2.33. The van der Waals surface area contributed by atoms with E-state index in [1.807, 2.05) is 33.7 Å². The fraction of sp³-hybridized carbons (Fsp3) is 0.419. The number of piperidine rings is 1. The molecule has 3 aromatic carbocycles. The predicted molar refractivity (Wildman–Crippen MR) is 165 cm³/mol. The van der Waals surface area contributed by atoms with Crippen LogP contribution in [0.1, 0.15) is 36.1 Å². The number of likely N-dealkylation sites (tertiary alicyclic amines) is 1. The summed E-state index contributed by atoms with van der Waals surface area (Å²) in [5.74, 6) is 0.0351. The zero-order valence-corrected chi connectivity index (χ0v) is 24.5. The fourth-order valence-electron chi connectivity index (χ4n) is 7.03. The summed E-state index contributed by atoms with van der Waals surface area (Å²) in [6.45, 7) is 5.24. The number of likely N-dealkylation sites (N-methyl/N-ethyl adjacent to an activating group) is 1. The van der Waals surface area contributed by atoms with Crippen molar-refractivity contribution in [2.24, 2.45) is 0 Å². The number of aromatic nitrogens is 2. The highest BCUT2D eigenvalue weighted by Crippen LogP contribution is 2.41. The number of carbonyl (C=O) groups is 1. The third kappa shape index (κ3) is 4.83. The maximum absolute atomic E-state index is 13.8. The molecule has 0 saturated carbocycles. The Kier molecular flexibility index (Phi) is 8.30. The first-order chi connectivity index (χ1) is 18.6. The standard InChI is InChI=1S/C31H35N5O2.2ClH/c1-32-16-18-34(19-17-32)29(37)21-35-26-10-2-3-11-27(26)36(31(35)38)24-12-14-33(15-13-24)28-20-23-8-4-6-22-7-5-9-25(28)30(22)23;;/h2-11,24,28H,12-21H2,1H3;2*1H. The first kappa shape index (κ1) is 28.7. The monoisotopic (exact) mass is 581 g/mol. The number of hydrogen-bond donors (Lipinski definition) is 0. The molecule has 1 aliphatic carbocycles. The van der Waals surface area contributed by atoms with Gasteiger partial charge in [0.25, 0.3) is 0 Å². The molecule has 2 aliphatic heterocycles. The largest absolute Gasteiger partial charge is 0.339 e. The van der Waals surface area contributed by atoms with E-state index in [9.17, 15) is 9.59 Å². The normalized spacial score (nSPS) is 20.0. The van der Waals surface area contributed by atoms with Crippen LogP contribution in [0.5, 0.6) is 0 Å². The van der Waals surface area contributed by atoms with Crippen molar-refractivity contribution in [2.75, 3.05) is 46.3 Å². The van der Waals surface area contributed by atoms with Crippen molar-refractivity contribution >= 4 is 52.5 Å². The topological polar surface area (TPSA) is 53.7 Å². The minimum absolute atomic E-state index is 0. The summed E-state index contributed by atoms with van der Waals surface area (Å²) >= 11 is 0. The van der Waals surface area contributed by atoms with E-state index in [0.717, 1.165) is 69.6 Å². The fourth-order valence-corrected chi connectivity index (χ4v) is 7.03. The van der Waals surface area contributed by atoms with Crippen LogP contribution in [0.15, 0.2) is 65.5 Å². The smallest absolute Gasteiger partial charge is 0.329 e. The first-order valence-corrected chi connectivity index (χ1v) is 14.0. The summed E-state index contributed by atoms with van der Waals surface area (Å²) in [6.07, 6.45) is 2.93. The van der Waals surface area contributed by atoms with E-state index in [1.54, 1.807) is 4.57 Å². The molecule has 2 fully saturated rings. The van der Waals surface area contributed by atoms with E-state index in [2.05, 4.69) is 53.2 Å². The average molecular weight is 583 g/mol. The minimum Gasteiger partial charge on any atom is -0.339 e. The van der Waals surface area contributed by atoms with Gasteiger partial charge in [0, 0.05) is 51.4 Å². The van der Waals surface area contributed by atoms with Gasteiger partial charge in [-0.05, 0) is 60.3 Å². The van der Waals surface area contributed by atoms with Crippen LogP contribution in [0.25, 0.3) is 21.8 Å². The van der Waals surface area contributed by atoms with Gasteiger partial charge in [0.05, 0.1) is 11.0 Å². The summed E-state index contributed by atoms with van der Waals surface area (Å²) in [5.41, 5.74) is 4.66. The van der Waals surface area contributed by atoms with Gasteiger partial charge in [-0.15, -0.1) is 24.8 Å². The molecule has 1 amide bonds. The molecule has 4 aromatic rings. The molecule has 1 atom stereocenters. The Morgan fingerprint density at radius 1 is 0.825 bits per heavy atom. The highest BCUT2D eigenvalue weighted by atomic mass is 35.5. The van der Waals surface area contributed by atoms with E-state index in [0.29, 0.717) is 6.04 Å². The molecule has 7 rings (SSSR count). The maximum Gasteiger partial charge on any atom is 0.329 e. The summed E-state index contributed by atoms with van der Waals surface area (Å²) in [4.78, 5) is 33.7. The second-order valence-electron chi connectivity index (χ2n) is 11.3. The zero-order chi connectivity index (χ0) is 25.8. The lowest BCUT2D eigenvalue weighted by Crippen LogP contribution is -2.48. The van der Waals surface area contributed by atoms with E-state index >= 15 is 0 Å². The van der Waals surface area contributed by atoms with E-state index < -0.39 is 0 Å². The number of para-hydroxylation sites is 2. The van der Waals surface area contributed by atoms with Crippen LogP contribution in [-0.2, 0) is 17.8 Å². The second kappa shape index (κ2) is 11.6. The van der Waals surface area contributed by atoms with Gasteiger partial charge in [0.15, 0.2) is 0 Å². The molecule has 9 heteroatoms. The second-order valence-corrected chi connectivity index (χ2v) is 11.3. The molecule has 212 valence electrons. The van der Waals surface area contributed by atoms with E-state index in [4.69, 9.17) is 0 Å². The Bertz CT molecular complexity index is 1580. The molecule has 3 heterocycles. The molecule has 0 N–H and O–H groups in total. The van der Waals surface area contributed by atoms with Gasteiger partial charge in [0.1, 0.15) is 6.54 Å². The average Bonchev–Trinajstić information content (AvgIpc) is 3.46. The molecule has 3 aliphatic rings. The summed E-state index contributed by atoms with van der Waals surface area (Å²) in [5, 5.41) is 2.77. The zero-order valence-electron chi connectivity index (χ0n) is 22.9. The molecule has 0 spiro atoms. The van der Waals surface area contributed by atoms with Crippen LogP contribution >= 0.6 is 24.8 Å². The van der Waals surface area contributed by atoms with Crippen molar-refractivity contribution in [3.8, 4) is 0 Å². The van der Waals surface area contributed by atoms with Gasteiger partial charge in [-0.3, -0.25) is 18.8 Å². The third-order valence-electron chi connectivity index (χ3n) is 9.12. The minimum atomic E-state index is -0.0508. The van der Waals surface area contributed by atoms with Crippen molar-refractivity contribution in [1.82, 2.24) is 23.8 Å². The van der Waals surface area contributed by atoms with Gasteiger partial charge < -0.3 is 9.80 Å². The Morgan fingerprint density at radius 3 is 2.23 bits per heavy atom. The number of amides is 1. The number of benzene rings is 3. The summed E-state index contributed by atoms with van der Waals surface area (Å²) in [7, 11) is 2.08. The van der Waals surface area contributed by atoms with Crippen LogP contribution in [0, 0.1) is 0 Å². The number of piperazine rings is 1. The van der Waals surface area contributed by atoms with Gasteiger partial charge in [-0.2, -0.15) is 0 Å². The van der Waals surface area contributed by atoms with Crippen molar-refractivity contribution in [2.45, 2.75) is 37.9 Å². The lowest BCUT2D eigenvalue weighted by molar-refractivity contribution is -0.133. The Labute approximate surface area is 247 Å². The summed E-state index contributed by atoms with van der Waals surface area (Å²) < 4.78 is 3.69. The van der Waals surface area contributed by atoms with Crippen LogP contribution < -0.4 is 5.69 Å². The first-order valence-electron chi connectivity index (χ1n) is 14.0. The van der Waals surface area contributed by atoms with Crippen molar-refractivity contribution in [1.29, 1.82) is 0 Å². The molecule has 0 bridgehead atoms. The molecule has 40 heavy (non-hydrogen) atoms. The number of imidazole rings is 1. The van der Waals surface area contributed by atoms with Crippen LogP contribution in [-0.4, -0.2) is 76.1 Å². The molecule has 0 radical (unpaired) electrons. The molecular weight excluding hydrogens is 545 g/mol. The Morgan fingerprint density at radius 2 is 1.50 bits per heavy atom. The van der Waals surface area contributed by atoms with Crippen LogP contribution in [0.3, 0.4) is 0 Å². The predicted octanol–water partition coefficient (Wildman–Crippen LogP) is 4.51. The number of rotatable bonds is 4. The maximum atomic E-state index is 13.8. The quantitative estimate of drug-likeness (QED) is 0.356. The lowest BCUT2D eigenvalue weighted by atomic mass is 9.99. The van der Waals surface area contributed by atoms with Crippen LogP contribution in [0.2, 0.25) is 0 Å². The molecule has 7 nitrogen and oxygen atoms in total. The molecule has 2 saturated heterocycles. The van der Waals surface area contributed by atoms with Crippen molar-refractivity contribution in [3.63, 3.8) is 0 Å². The molecular formula is C31H37Cl2N5O2. The third-order valence-corrected chi connectivity index (χ3v) is 9.12. The SMILES string of the molecule is CN1CCN(C(=O)Cn2c(=O)n(C3CCN(C4Cc5cccc6cccc4c56)CC3)c3ccccc32)CC1.Cl.Cl. The number of carbonyl (C=O) groups excluding carboxylic acids is 1.